The molecule has 0 aliphatic carbocycles. The van der Waals surface area contributed by atoms with Crippen LogP contribution in [0.15, 0.2) is 16.6 Å². The van der Waals surface area contributed by atoms with E-state index in [1.165, 1.54) is 6.92 Å². The SMILES string of the molecule is C[C@H](NC(=O)Nc1c(F)cc(F)cc1Br)C(=O)O. The summed E-state index contributed by atoms with van der Waals surface area (Å²) in [4.78, 5) is 21.8. The molecule has 2 amide bonds. The number of carbonyl (C=O) groups excluding carboxylic acids is 1. The number of urea groups is 1. The van der Waals surface area contributed by atoms with E-state index in [1.54, 1.807) is 0 Å². The molecule has 0 heterocycles. The number of rotatable bonds is 3. The minimum Gasteiger partial charge on any atom is -0.480 e. The summed E-state index contributed by atoms with van der Waals surface area (Å²) in [5.74, 6) is -3.01. The van der Waals surface area contributed by atoms with Crippen molar-refractivity contribution in [2.24, 2.45) is 0 Å². The normalized spacial score (nSPS) is 11.8. The third kappa shape index (κ3) is 3.66. The quantitative estimate of drug-likeness (QED) is 0.799. The van der Waals surface area contributed by atoms with Gasteiger partial charge < -0.3 is 15.7 Å². The van der Waals surface area contributed by atoms with Gasteiger partial charge in [-0.05, 0) is 28.9 Å². The Balaban J connectivity index is 2.80. The van der Waals surface area contributed by atoms with E-state index < -0.39 is 29.7 Å². The average molecular weight is 323 g/mol. The Morgan fingerprint density at radius 3 is 2.50 bits per heavy atom. The van der Waals surface area contributed by atoms with Crippen LogP contribution >= 0.6 is 15.9 Å². The molecule has 1 rings (SSSR count). The predicted octanol–water partition coefficient (Wildman–Crippen LogP) is 2.32. The van der Waals surface area contributed by atoms with E-state index in [9.17, 15) is 18.4 Å². The lowest BCUT2D eigenvalue weighted by atomic mass is 10.3. The van der Waals surface area contributed by atoms with Gasteiger partial charge in [0, 0.05) is 10.5 Å². The zero-order chi connectivity index (χ0) is 13.9. The van der Waals surface area contributed by atoms with Gasteiger partial charge in [0.05, 0.1) is 5.69 Å². The van der Waals surface area contributed by atoms with Crippen LogP contribution in [0, 0.1) is 11.6 Å². The fourth-order valence-corrected chi connectivity index (χ4v) is 1.58. The molecule has 0 unspecified atom stereocenters. The van der Waals surface area contributed by atoms with Gasteiger partial charge >= 0.3 is 12.0 Å². The lowest BCUT2D eigenvalue weighted by molar-refractivity contribution is -0.138. The molecule has 0 saturated heterocycles. The molecule has 1 aromatic rings. The van der Waals surface area contributed by atoms with Crippen LogP contribution in [0.1, 0.15) is 6.92 Å². The number of hydrogen-bond acceptors (Lipinski definition) is 2. The number of anilines is 1. The van der Waals surface area contributed by atoms with Crippen molar-refractivity contribution in [3.8, 4) is 0 Å². The van der Waals surface area contributed by atoms with Gasteiger partial charge in [0.2, 0.25) is 0 Å². The lowest BCUT2D eigenvalue weighted by Crippen LogP contribution is -2.41. The first-order chi connectivity index (χ1) is 8.31. The minimum atomic E-state index is -1.23. The Morgan fingerprint density at radius 1 is 1.39 bits per heavy atom. The summed E-state index contributed by atoms with van der Waals surface area (Å²) in [6.45, 7) is 1.25. The molecular formula is C10H9BrF2N2O3. The number of carboxylic acids is 1. The second kappa shape index (κ2) is 5.76. The molecule has 0 aliphatic rings. The van der Waals surface area contributed by atoms with E-state index in [1.807, 2.05) is 0 Å². The predicted molar refractivity (Wildman–Crippen MR) is 63.3 cm³/mol. The largest absolute Gasteiger partial charge is 0.480 e. The molecule has 1 aromatic carbocycles. The van der Waals surface area contributed by atoms with Crippen LogP contribution in [0.3, 0.4) is 0 Å². The Hall–Kier alpha value is -1.70. The third-order valence-electron chi connectivity index (χ3n) is 1.96. The lowest BCUT2D eigenvalue weighted by Gasteiger charge is -2.12. The van der Waals surface area contributed by atoms with Crippen molar-refractivity contribution in [3.63, 3.8) is 0 Å². The maximum absolute atomic E-state index is 13.3. The number of aliphatic carboxylic acids is 1. The van der Waals surface area contributed by atoms with Crippen LogP contribution in [0.5, 0.6) is 0 Å². The summed E-state index contributed by atoms with van der Waals surface area (Å²) in [5.41, 5.74) is -0.272. The molecule has 98 valence electrons. The van der Waals surface area contributed by atoms with Crippen LogP contribution in [-0.2, 0) is 4.79 Å². The molecule has 1 atom stereocenters. The number of nitrogens with one attached hydrogen (secondary N) is 2. The van der Waals surface area contributed by atoms with Gasteiger partial charge in [-0.2, -0.15) is 0 Å². The van der Waals surface area contributed by atoms with E-state index in [0.29, 0.717) is 6.07 Å². The summed E-state index contributed by atoms with van der Waals surface area (Å²) in [7, 11) is 0. The zero-order valence-corrected chi connectivity index (χ0v) is 10.7. The number of benzene rings is 1. The number of hydrogen-bond donors (Lipinski definition) is 3. The van der Waals surface area contributed by atoms with Crippen LogP contribution in [-0.4, -0.2) is 23.1 Å². The van der Waals surface area contributed by atoms with Gasteiger partial charge in [-0.25, -0.2) is 13.6 Å². The monoisotopic (exact) mass is 322 g/mol. The third-order valence-corrected chi connectivity index (χ3v) is 2.59. The standard InChI is InChI=1S/C10H9BrF2N2O3/c1-4(9(16)17)14-10(18)15-8-6(11)2-5(12)3-7(8)13/h2-4H,1H3,(H,16,17)(H2,14,15,18)/t4-/m0/s1. The molecule has 0 radical (unpaired) electrons. The topological polar surface area (TPSA) is 78.4 Å². The van der Waals surface area contributed by atoms with Crippen molar-refractivity contribution in [2.45, 2.75) is 13.0 Å². The maximum Gasteiger partial charge on any atom is 0.325 e. The molecule has 0 spiro atoms. The summed E-state index contributed by atoms with van der Waals surface area (Å²) in [5, 5.41) is 12.7. The van der Waals surface area contributed by atoms with E-state index in [0.717, 1.165) is 6.07 Å². The van der Waals surface area contributed by atoms with E-state index in [4.69, 9.17) is 5.11 Å². The zero-order valence-electron chi connectivity index (χ0n) is 9.13. The molecule has 0 fully saturated rings. The van der Waals surface area contributed by atoms with Crippen molar-refractivity contribution in [3.05, 3.63) is 28.2 Å². The highest BCUT2D eigenvalue weighted by Crippen LogP contribution is 2.26. The van der Waals surface area contributed by atoms with E-state index >= 15 is 0 Å². The highest BCUT2D eigenvalue weighted by atomic mass is 79.9. The highest BCUT2D eigenvalue weighted by molar-refractivity contribution is 9.10. The Kier molecular flexibility index (Phi) is 4.60. The fourth-order valence-electron chi connectivity index (χ4n) is 1.07. The Morgan fingerprint density at radius 2 is 2.00 bits per heavy atom. The Bertz CT molecular complexity index is 473. The number of amides is 2. The maximum atomic E-state index is 13.3. The highest BCUT2D eigenvalue weighted by Gasteiger charge is 2.16. The summed E-state index contributed by atoms with van der Waals surface area (Å²) in [6, 6.07) is -0.469. The molecular weight excluding hydrogens is 314 g/mol. The van der Waals surface area contributed by atoms with Crippen molar-refractivity contribution in [2.75, 3.05) is 5.32 Å². The molecule has 0 aromatic heterocycles. The van der Waals surface area contributed by atoms with E-state index in [-0.39, 0.29) is 10.2 Å². The van der Waals surface area contributed by atoms with Gasteiger partial charge in [-0.1, -0.05) is 0 Å². The van der Waals surface area contributed by atoms with Crippen molar-refractivity contribution >= 4 is 33.6 Å². The summed E-state index contributed by atoms with van der Waals surface area (Å²) in [6.07, 6.45) is 0. The van der Waals surface area contributed by atoms with Crippen LogP contribution in [0.2, 0.25) is 0 Å². The van der Waals surface area contributed by atoms with Crippen LogP contribution in [0.4, 0.5) is 19.3 Å². The smallest absolute Gasteiger partial charge is 0.325 e. The van der Waals surface area contributed by atoms with Gasteiger partial charge in [-0.15, -0.1) is 0 Å². The number of carbonyl (C=O) groups is 2. The minimum absolute atomic E-state index is 0.0122. The second-order valence-corrected chi connectivity index (χ2v) is 4.26. The van der Waals surface area contributed by atoms with Gasteiger partial charge in [0.1, 0.15) is 11.9 Å². The molecule has 0 aliphatic heterocycles. The fraction of sp³-hybridized carbons (Fsp3) is 0.200. The first-order valence-electron chi connectivity index (χ1n) is 4.76. The van der Waals surface area contributed by atoms with Gasteiger partial charge in [0.25, 0.3) is 0 Å². The number of halogens is 3. The van der Waals surface area contributed by atoms with Crippen molar-refractivity contribution in [1.29, 1.82) is 0 Å². The molecule has 18 heavy (non-hydrogen) atoms. The van der Waals surface area contributed by atoms with Crippen molar-refractivity contribution < 1.29 is 23.5 Å². The summed E-state index contributed by atoms with van der Waals surface area (Å²) >= 11 is 2.88. The van der Waals surface area contributed by atoms with Crippen LogP contribution < -0.4 is 10.6 Å². The summed E-state index contributed by atoms with van der Waals surface area (Å²) < 4.78 is 26.1. The molecule has 0 saturated carbocycles. The molecule has 5 nitrogen and oxygen atoms in total. The molecule has 8 heteroatoms. The number of carboxylic acid groups (broad SMARTS) is 1. The van der Waals surface area contributed by atoms with Crippen molar-refractivity contribution in [1.82, 2.24) is 5.32 Å². The average Bonchev–Trinajstić information content (AvgIpc) is 2.23. The van der Waals surface area contributed by atoms with E-state index in [2.05, 4.69) is 26.6 Å². The van der Waals surface area contributed by atoms with Gasteiger partial charge in [0.15, 0.2) is 5.82 Å². The van der Waals surface area contributed by atoms with Gasteiger partial charge in [-0.3, -0.25) is 4.79 Å². The Labute approximate surface area is 109 Å². The van der Waals surface area contributed by atoms with Crippen LogP contribution in [0.25, 0.3) is 0 Å². The first-order valence-corrected chi connectivity index (χ1v) is 5.55. The first kappa shape index (κ1) is 14.4. The molecule has 0 bridgehead atoms. The second-order valence-electron chi connectivity index (χ2n) is 3.40. The molecule has 3 N–H and O–H groups in total.